The molecule has 0 spiro atoms. The first kappa shape index (κ1) is 11.2. The van der Waals surface area contributed by atoms with Crippen molar-refractivity contribution in [3.63, 3.8) is 0 Å². The molecule has 6 heteroatoms. The number of furan rings is 1. The average molecular weight is 243 g/mol. The molecule has 1 atom stereocenters. The van der Waals surface area contributed by atoms with Crippen molar-refractivity contribution in [2.24, 2.45) is 0 Å². The molecular weight excluding hydrogens is 230 g/mol. The van der Waals surface area contributed by atoms with E-state index in [1.165, 1.54) is 11.2 Å². The SMILES string of the molecule is O=CN(Cc1ccco1)[C@H]1CCS(=O)(=O)C1. The first-order chi connectivity index (χ1) is 7.61. The normalized spacial score (nSPS) is 23.1. The molecule has 0 N–H and O–H groups in total. The molecular formula is C10H13NO4S. The Balaban J connectivity index is 2.04. The van der Waals surface area contributed by atoms with Crippen LogP contribution >= 0.6 is 0 Å². The number of amides is 1. The van der Waals surface area contributed by atoms with E-state index in [4.69, 9.17) is 4.42 Å². The largest absolute Gasteiger partial charge is 0.467 e. The summed E-state index contributed by atoms with van der Waals surface area (Å²) in [4.78, 5) is 12.4. The lowest BCUT2D eigenvalue weighted by molar-refractivity contribution is -0.120. The Hall–Kier alpha value is -1.30. The summed E-state index contributed by atoms with van der Waals surface area (Å²) in [6, 6.07) is 3.29. The van der Waals surface area contributed by atoms with Crippen LogP contribution in [0.25, 0.3) is 0 Å². The third-order valence-corrected chi connectivity index (χ3v) is 4.48. The molecule has 5 nitrogen and oxygen atoms in total. The predicted molar refractivity (Wildman–Crippen MR) is 57.4 cm³/mol. The summed E-state index contributed by atoms with van der Waals surface area (Å²) in [6.45, 7) is 0.330. The van der Waals surface area contributed by atoms with Crippen LogP contribution in [0.3, 0.4) is 0 Å². The second kappa shape index (κ2) is 4.29. The molecule has 2 rings (SSSR count). The fraction of sp³-hybridized carbons (Fsp3) is 0.500. The second-order valence-electron chi connectivity index (χ2n) is 3.91. The van der Waals surface area contributed by atoms with Crippen molar-refractivity contribution < 1.29 is 17.6 Å². The number of rotatable bonds is 4. The van der Waals surface area contributed by atoms with Gasteiger partial charge in [-0.1, -0.05) is 0 Å². The minimum atomic E-state index is -2.96. The van der Waals surface area contributed by atoms with E-state index in [0.29, 0.717) is 25.1 Å². The second-order valence-corrected chi connectivity index (χ2v) is 6.14. The topological polar surface area (TPSA) is 67.6 Å². The molecule has 1 aromatic rings. The highest BCUT2D eigenvalue weighted by atomic mass is 32.2. The number of carbonyl (C=O) groups excluding carboxylic acids is 1. The Morgan fingerprint density at radius 2 is 2.38 bits per heavy atom. The lowest BCUT2D eigenvalue weighted by Gasteiger charge is -2.22. The van der Waals surface area contributed by atoms with Crippen LogP contribution in [0.5, 0.6) is 0 Å². The van der Waals surface area contributed by atoms with Crippen molar-refractivity contribution in [3.8, 4) is 0 Å². The molecule has 1 amide bonds. The van der Waals surface area contributed by atoms with Crippen LogP contribution in [0, 0.1) is 0 Å². The highest BCUT2D eigenvalue weighted by molar-refractivity contribution is 7.91. The van der Waals surface area contributed by atoms with Gasteiger partial charge in [0.1, 0.15) is 5.76 Å². The predicted octanol–water partition coefficient (Wildman–Crippen LogP) is 0.425. The molecule has 0 aromatic carbocycles. The first-order valence-electron chi connectivity index (χ1n) is 5.04. The summed E-state index contributed by atoms with van der Waals surface area (Å²) in [5, 5.41) is 0. The molecule has 0 saturated carbocycles. The molecule has 0 bridgehead atoms. The Bertz CT molecular complexity index is 451. The van der Waals surface area contributed by atoms with Crippen LogP contribution in [0.4, 0.5) is 0 Å². The molecule has 1 fully saturated rings. The van der Waals surface area contributed by atoms with Gasteiger partial charge in [0.2, 0.25) is 6.41 Å². The van der Waals surface area contributed by atoms with E-state index in [9.17, 15) is 13.2 Å². The van der Waals surface area contributed by atoms with Crippen molar-refractivity contribution in [2.75, 3.05) is 11.5 Å². The van der Waals surface area contributed by atoms with Gasteiger partial charge in [0.15, 0.2) is 9.84 Å². The van der Waals surface area contributed by atoms with Gasteiger partial charge in [0.05, 0.1) is 24.3 Å². The van der Waals surface area contributed by atoms with Gasteiger partial charge in [-0.3, -0.25) is 4.79 Å². The molecule has 88 valence electrons. The fourth-order valence-corrected chi connectivity index (χ4v) is 3.61. The number of hydrogen-bond donors (Lipinski definition) is 0. The smallest absolute Gasteiger partial charge is 0.210 e. The number of carbonyl (C=O) groups is 1. The highest BCUT2D eigenvalue weighted by Gasteiger charge is 2.31. The van der Waals surface area contributed by atoms with E-state index in [2.05, 4.69) is 0 Å². The van der Waals surface area contributed by atoms with Gasteiger partial charge in [-0.2, -0.15) is 0 Å². The summed E-state index contributed by atoms with van der Waals surface area (Å²) in [7, 11) is -2.96. The Morgan fingerprint density at radius 3 is 2.88 bits per heavy atom. The van der Waals surface area contributed by atoms with E-state index in [1.54, 1.807) is 12.1 Å². The maximum Gasteiger partial charge on any atom is 0.210 e. The zero-order valence-corrected chi connectivity index (χ0v) is 9.52. The van der Waals surface area contributed by atoms with Crippen LogP contribution in [-0.2, 0) is 21.2 Å². The molecule has 0 radical (unpaired) electrons. The van der Waals surface area contributed by atoms with E-state index in [-0.39, 0.29) is 17.5 Å². The minimum absolute atomic E-state index is 0.0620. The van der Waals surface area contributed by atoms with E-state index >= 15 is 0 Å². The lowest BCUT2D eigenvalue weighted by atomic mass is 10.2. The van der Waals surface area contributed by atoms with E-state index in [0.717, 1.165) is 0 Å². The number of nitrogens with zero attached hydrogens (tertiary/aromatic N) is 1. The fourth-order valence-electron chi connectivity index (χ4n) is 1.87. The lowest BCUT2D eigenvalue weighted by Crippen LogP contribution is -2.34. The zero-order valence-electron chi connectivity index (χ0n) is 8.70. The number of sulfone groups is 1. The van der Waals surface area contributed by atoms with E-state index < -0.39 is 9.84 Å². The molecule has 1 aromatic heterocycles. The zero-order chi connectivity index (χ0) is 11.6. The third kappa shape index (κ3) is 2.44. The summed E-state index contributed by atoms with van der Waals surface area (Å²) in [6.07, 6.45) is 2.74. The Labute approximate surface area is 94.0 Å². The summed E-state index contributed by atoms with van der Waals surface area (Å²) >= 11 is 0. The minimum Gasteiger partial charge on any atom is -0.467 e. The Morgan fingerprint density at radius 1 is 1.56 bits per heavy atom. The molecule has 16 heavy (non-hydrogen) atoms. The van der Waals surface area contributed by atoms with Crippen LogP contribution in [0.2, 0.25) is 0 Å². The standard InChI is InChI=1S/C10H13NO4S/c12-8-11(6-10-2-1-4-15-10)9-3-5-16(13,14)7-9/h1-2,4,8-9H,3,5-7H2/t9-/m0/s1. The van der Waals surface area contributed by atoms with Crippen molar-refractivity contribution in [2.45, 2.75) is 19.0 Å². The highest BCUT2D eigenvalue weighted by Crippen LogP contribution is 2.18. The van der Waals surface area contributed by atoms with Gasteiger partial charge >= 0.3 is 0 Å². The maximum absolute atomic E-state index is 11.3. The Kier molecular flexibility index (Phi) is 3.00. The van der Waals surface area contributed by atoms with Crippen molar-refractivity contribution in [1.82, 2.24) is 4.90 Å². The molecule has 0 aliphatic carbocycles. The molecule has 1 aliphatic heterocycles. The first-order valence-corrected chi connectivity index (χ1v) is 6.87. The molecule has 1 aliphatic rings. The van der Waals surface area contributed by atoms with Crippen LogP contribution < -0.4 is 0 Å². The summed E-state index contributed by atoms with van der Waals surface area (Å²) in [5.41, 5.74) is 0. The molecule has 0 unspecified atom stereocenters. The molecule has 1 saturated heterocycles. The summed E-state index contributed by atoms with van der Waals surface area (Å²) in [5.74, 6) is 0.892. The van der Waals surface area contributed by atoms with Gasteiger partial charge in [-0.15, -0.1) is 0 Å². The number of hydrogen-bond acceptors (Lipinski definition) is 4. The van der Waals surface area contributed by atoms with Crippen LogP contribution in [0.1, 0.15) is 12.2 Å². The van der Waals surface area contributed by atoms with Gasteiger partial charge in [-0.25, -0.2) is 8.42 Å². The van der Waals surface area contributed by atoms with Crippen LogP contribution in [0.15, 0.2) is 22.8 Å². The third-order valence-electron chi connectivity index (χ3n) is 2.73. The average Bonchev–Trinajstić information content (AvgIpc) is 2.83. The van der Waals surface area contributed by atoms with Crippen LogP contribution in [-0.4, -0.2) is 37.3 Å². The monoisotopic (exact) mass is 243 g/mol. The van der Waals surface area contributed by atoms with Gasteiger partial charge in [-0.05, 0) is 18.6 Å². The van der Waals surface area contributed by atoms with Gasteiger partial charge in [0.25, 0.3) is 0 Å². The quantitative estimate of drug-likeness (QED) is 0.719. The van der Waals surface area contributed by atoms with E-state index in [1.807, 2.05) is 0 Å². The summed E-state index contributed by atoms with van der Waals surface area (Å²) < 4.78 is 27.7. The van der Waals surface area contributed by atoms with Crippen molar-refractivity contribution in [3.05, 3.63) is 24.2 Å². The molecule has 2 heterocycles. The van der Waals surface area contributed by atoms with Gasteiger partial charge in [0, 0.05) is 6.04 Å². The van der Waals surface area contributed by atoms with Crippen molar-refractivity contribution in [1.29, 1.82) is 0 Å². The van der Waals surface area contributed by atoms with Gasteiger partial charge < -0.3 is 9.32 Å². The maximum atomic E-state index is 11.3. The van der Waals surface area contributed by atoms with Crippen molar-refractivity contribution >= 4 is 16.2 Å².